The minimum atomic E-state index is 0.188. The number of anilines is 1. The van der Waals surface area contributed by atoms with E-state index in [1.54, 1.807) is 7.11 Å². The number of para-hydroxylation sites is 1. The molecule has 0 saturated heterocycles. The van der Waals surface area contributed by atoms with Crippen molar-refractivity contribution >= 4 is 5.69 Å². The maximum atomic E-state index is 5.19. The highest BCUT2D eigenvalue weighted by Gasteiger charge is 2.19. The van der Waals surface area contributed by atoms with E-state index in [0.29, 0.717) is 0 Å². The number of hydrogen-bond donors (Lipinski definition) is 1. The third-order valence-electron chi connectivity index (χ3n) is 4.51. The Balaban J connectivity index is 2.37. The zero-order chi connectivity index (χ0) is 17.4. The first-order valence-corrected chi connectivity index (χ1v) is 8.77. The first-order valence-electron chi connectivity index (χ1n) is 8.77. The SMILES string of the molecule is CCN(C)c1ccccc1C(NCCCOC)c1ccccc1C. The molecule has 1 N–H and O–H groups in total. The van der Waals surface area contributed by atoms with E-state index < -0.39 is 0 Å². The van der Waals surface area contributed by atoms with Gasteiger partial charge in [0.25, 0.3) is 0 Å². The van der Waals surface area contributed by atoms with E-state index in [0.717, 1.165) is 26.1 Å². The summed E-state index contributed by atoms with van der Waals surface area (Å²) in [5.74, 6) is 0. The van der Waals surface area contributed by atoms with Crippen molar-refractivity contribution in [1.29, 1.82) is 0 Å². The second-order valence-electron chi connectivity index (χ2n) is 6.16. The van der Waals surface area contributed by atoms with Crippen LogP contribution in [0.3, 0.4) is 0 Å². The summed E-state index contributed by atoms with van der Waals surface area (Å²) in [6.45, 7) is 7.07. The lowest BCUT2D eigenvalue weighted by molar-refractivity contribution is 0.193. The van der Waals surface area contributed by atoms with Crippen LogP contribution in [0.15, 0.2) is 48.5 Å². The van der Waals surface area contributed by atoms with Crippen LogP contribution < -0.4 is 10.2 Å². The molecule has 24 heavy (non-hydrogen) atoms. The Morgan fingerprint density at radius 3 is 2.38 bits per heavy atom. The molecular formula is C21H30N2O. The Bertz CT molecular complexity index is 627. The lowest BCUT2D eigenvalue weighted by atomic mass is 9.93. The van der Waals surface area contributed by atoms with E-state index in [-0.39, 0.29) is 6.04 Å². The summed E-state index contributed by atoms with van der Waals surface area (Å²) in [5.41, 5.74) is 5.27. The average Bonchev–Trinajstić information content (AvgIpc) is 2.62. The molecule has 3 nitrogen and oxygen atoms in total. The van der Waals surface area contributed by atoms with E-state index in [1.807, 2.05) is 0 Å². The number of ether oxygens (including phenoxy) is 1. The molecule has 2 aromatic rings. The van der Waals surface area contributed by atoms with Crippen LogP contribution in [0.25, 0.3) is 0 Å². The van der Waals surface area contributed by atoms with Crippen molar-refractivity contribution in [3.05, 3.63) is 65.2 Å². The second-order valence-corrected chi connectivity index (χ2v) is 6.16. The van der Waals surface area contributed by atoms with Crippen molar-refractivity contribution < 1.29 is 4.74 Å². The molecule has 1 atom stereocenters. The van der Waals surface area contributed by atoms with Gasteiger partial charge in [-0.15, -0.1) is 0 Å². The van der Waals surface area contributed by atoms with Gasteiger partial charge in [0, 0.05) is 33.0 Å². The average molecular weight is 326 g/mol. The molecular weight excluding hydrogens is 296 g/mol. The zero-order valence-corrected chi connectivity index (χ0v) is 15.4. The standard InChI is InChI=1S/C21H30N2O/c1-5-23(3)20-14-9-8-13-19(20)21(22-15-10-16-24-4)18-12-7-6-11-17(18)2/h6-9,11-14,21-22H,5,10,15-16H2,1-4H3. The molecule has 0 aliphatic carbocycles. The number of hydrogen-bond acceptors (Lipinski definition) is 3. The minimum Gasteiger partial charge on any atom is -0.385 e. The van der Waals surface area contributed by atoms with Gasteiger partial charge in [-0.05, 0) is 49.6 Å². The third-order valence-corrected chi connectivity index (χ3v) is 4.51. The van der Waals surface area contributed by atoms with E-state index in [4.69, 9.17) is 4.74 Å². The van der Waals surface area contributed by atoms with Crippen LogP contribution >= 0.6 is 0 Å². The van der Waals surface area contributed by atoms with E-state index in [1.165, 1.54) is 22.4 Å². The maximum absolute atomic E-state index is 5.19. The number of rotatable bonds is 9. The van der Waals surface area contributed by atoms with Crippen molar-refractivity contribution in [2.75, 3.05) is 38.8 Å². The van der Waals surface area contributed by atoms with Gasteiger partial charge in [0.15, 0.2) is 0 Å². The molecule has 0 amide bonds. The lowest BCUT2D eigenvalue weighted by Gasteiger charge is -2.28. The quantitative estimate of drug-likeness (QED) is 0.700. The van der Waals surface area contributed by atoms with Crippen LogP contribution in [0.5, 0.6) is 0 Å². The highest BCUT2D eigenvalue weighted by Crippen LogP contribution is 2.31. The van der Waals surface area contributed by atoms with Gasteiger partial charge in [-0.1, -0.05) is 42.5 Å². The van der Waals surface area contributed by atoms with Gasteiger partial charge in [0.05, 0.1) is 6.04 Å². The number of nitrogens with one attached hydrogen (secondary N) is 1. The van der Waals surface area contributed by atoms with E-state index in [2.05, 4.69) is 79.6 Å². The first kappa shape index (κ1) is 18.5. The normalized spacial score (nSPS) is 12.2. The van der Waals surface area contributed by atoms with Gasteiger partial charge in [0.2, 0.25) is 0 Å². The molecule has 0 heterocycles. The van der Waals surface area contributed by atoms with Gasteiger partial charge in [0.1, 0.15) is 0 Å². The van der Waals surface area contributed by atoms with Crippen molar-refractivity contribution in [3.8, 4) is 0 Å². The Morgan fingerprint density at radius 1 is 1.04 bits per heavy atom. The number of nitrogens with zero attached hydrogens (tertiary/aromatic N) is 1. The van der Waals surface area contributed by atoms with Crippen LogP contribution in [0.2, 0.25) is 0 Å². The monoisotopic (exact) mass is 326 g/mol. The van der Waals surface area contributed by atoms with Crippen molar-refractivity contribution in [2.24, 2.45) is 0 Å². The van der Waals surface area contributed by atoms with Crippen LogP contribution in [0.1, 0.15) is 36.1 Å². The summed E-state index contributed by atoms with van der Waals surface area (Å²) in [5, 5.41) is 3.74. The molecule has 1 unspecified atom stereocenters. The fourth-order valence-corrected chi connectivity index (χ4v) is 3.01. The summed E-state index contributed by atoms with van der Waals surface area (Å²) in [6.07, 6.45) is 1.00. The summed E-state index contributed by atoms with van der Waals surface area (Å²) in [4.78, 5) is 2.30. The van der Waals surface area contributed by atoms with Gasteiger partial charge < -0.3 is 15.0 Å². The largest absolute Gasteiger partial charge is 0.385 e. The summed E-state index contributed by atoms with van der Waals surface area (Å²) >= 11 is 0. The molecule has 2 aromatic carbocycles. The maximum Gasteiger partial charge on any atom is 0.0599 e. The first-order chi connectivity index (χ1) is 11.7. The lowest BCUT2D eigenvalue weighted by Crippen LogP contribution is -2.27. The van der Waals surface area contributed by atoms with Crippen LogP contribution in [-0.2, 0) is 4.74 Å². The topological polar surface area (TPSA) is 24.5 Å². The van der Waals surface area contributed by atoms with Crippen LogP contribution in [0, 0.1) is 6.92 Å². The highest BCUT2D eigenvalue weighted by atomic mass is 16.5. The van der Waals surface area contributed by atoms with Crippen LogP contribution in [0.4, 0.5) is 5.69 Å². The van der Waals surface area contributed by atoms with Gasteiger partial charge in [-0.3, -0.25) is 0 Å². The van der Waals surface area contributed by atoms with E-state index in [9.17, 15) is 0 Å². The Hall–Kier alpha value is -1.84. The number of benzene rings is 2. The fourth-order valence-electron chi connectivity index (χ4n) is 3.01. The predicted molar refractivity (Wildman–Crippen MR) is 103 cm³/mol. The second kappa shape index (κ2) is 9.45. The van der Waals surface area contributed by atoms with Gasteiger partial charge in [-0.25, -0.2) is 0 Å². The summed E-state index contributed by atoms with van der Waals surface area (Å²) in [7, 11) is 3.91. The smallest absolute Gasteiger partial charge is 0.0599 e. The van der Waals surface area contributed by atoms with Crippen molar-refractivity contribution in [1.82, 2.24) is 5.32 Å². The molecule has 130 valence electrons. The van der Waals surface area contributed by atoms with Crippen LogP contribution in [-0.4, -0.2) is 33.9 Å². The Kier molecular flexibility index (Phi) is 7.29. The predicted octanol–water partition coefficient (Wildman–Crippen LogP) is 4.17. The molecule has 0 aromatic heterocycles. The highest BCUT2D eigenvalue weighted by molar-refractivity contribution is 5.57. The van der Waals surface area contributed by atoms with E-state index >= 15 is 0 Å². The summed E-state index contributed by atoms with van der Waals surface area (Å²) < 4.78 is 5.19. The Labute approximate surface area is 146 Å². The fraction of sp³-hybridized carbons (Fsp3) is 0.429. The molecule has 0 aliphatic rings. The van der Waals surface area contributed by atoms with Crippen molar-refractivity contribution in [3.63, 3.8) is 0 Å². The molecule has 0 fully saturated rings. The molecule has 0 saturated carbocycles. The molecule has 0 aliphatic heterocycles. The molecule has 3 heteroatoms. The molecule has 0 spiro atoms. The zero-order valence-electron chi connectivity index (χ0n) is 15.4. The number of aryl methyl sites for hydroxylation is 1. The minimum absolute atomic E-state index is 0.188. The Morgan fingerprint density at radius 2 is 1.71 bits per heavy atom. The molecule has 0 bridgehead atoms. The van der Waals surface area contributed by atoms with Gasteiger partial charge >= 0.3 is 0 Å². The molecule has 0 radical (unpaired) electrons. The summed E-state index contributed by atoms with van der Waals surface area (Å²) in [6, 6.07) is 17.5. The van der Waals surface area contributed by atoms with Gasteiger partial charge in [-0.2, -0.15) is 0 Å². The number of methoxy groups -OCH3 is 1. The van der Waals surface area contributed by atoms with Crippen molar-refractivity contribution in [2.45, 2.75) is 26.3 Å². The third kappa shape index (κ3) is 4.59. The molecule has 2 rings (SSSR count).